The summed E-state index contributed by atoms with van der Waals surface area (Å²) in [5, 5.41) is 12.6. The molecule has 1 aliphatic rings. The number of carboxylic acid groups (broad SMARTS) is 1. The molecule has 0 bridgehead atoms. The van der Waals surface area contributed by atoms with Crippen LogP contribution in [0.5, 0.6) is 0 Å². The van der Waals surface area contributed by atoms with Crippen molar-refractivity contribution < 1.29 is 18.8 Å². The molecule has 1 saturated carbocycles. The Kier molecular flexibility index (Phi) is 3.08. The molecule has 2 heterocycles. The molecule has 1 fully saturated rings. The molecule has 0 unspecified atom stereocenters. The second-order valence-electron chi connectivity index (χ2n) is 4.68. The molecule has 1 aliphatic carbocycles. The van der Waals surface area contributed by atoms with E-state index >= 15 is 0 Å². The molecule has 19 heavy (non-hydrogen) atoms. The van der Waals surface area contributed by atoms with Crippen molar-refractivity contribution in [1.29, 1.82) is 0 Å². The van der Waals surface area contributed by atoms with Gasteiger partial charge in [-0.05, 0) is 25.0 Å². The van der Waals surface area contributed by atoms with Gasteiger partial charge in [-0.1, -0.05) is 5.16 Å². The highest BCUT2D eigenvalue weighted by Crippen LogP contribution is 2.30. The molecule has 0 aliphatic heterocycles. The monoisotopic (exact) mass is 262 g/mol. The fourth-order valence-corrected chi connectivity index (χ4v) is 2.09. The Labute approximate surface area is 109 Å². The Hall–Kier alpha value is -2.08. The number of furan rings is 1. The first-order chi connectivity index (χ1) is 9.24. The van der Waals surface area contributed by atoms with Crippen LogP contribution in [0.25, 0.3) is 0 Å². The third kappa shape index (κ3) is 2.68. The van der Waals surface area contributed by atoms with Crippen LogP contribution in [0.4, 0.5) is 0 Å². The van der Waals surface area contributed by atoms with E-state index in [2.05, 4.69) is 10.1 Å². The van der Waals surface area contributed by atoms with Crippen LogP contribution in [-0.4, -0.2) is 27.2 Å². The number of carboxylic acids is 1. The van der Waals surface area contributed by atoms with Gasteiger partial charge >= 0.3 is 5.97 Å². The molecule has 6 heteroatoms. The van der Waals surface area contributed by atoms with Crippen molar-refractivity contribution in [2.24, 2.45) is 0 Å². The van der Waals surface area contributed by atoms with Crippen molar-refractivity contribution in [2.45, 2.75) is 32.0 Å². The van der Waals surface area contributed by atoms with Crippen LogP contribution in [-0.2, 0) is 13.1 Å². The minimum absolute atomic E-state index is 0.130. The summed E-state index contributed by atoms with van der Waals surface area (Å²) in [6, 6.07) is 4.22. The van der Waals surface area contributed by atoms with Gasteiger partial charge in [-0.15, -0.1) is 0 Å². The molecule has 0 aromatic carbocycles. The lowest BCUT2D eigenvalue weighted by molar-refractivity contribution is 0.0692. The van der Waals surface area contributed by atoms with Crippen molar-refractivity contribution in [3.05, 3.63) is 41.7 Å². The van der Waals surface area contributed by atoms with E-state index in [0.717, 1.165) is 18.6 Å². The number of aromatic carboxylic acids is 1. The van der Waals surface area contributed by atoms with Crippen molar-refractivity contribution in [3.63, 3.8) is 0 Å². The first kappa shape index (κ1) is 12.0. The minimum Gasteiger partial charge on any atom is -0.478 e. The molecule has 0 spiro atoms. The number of nitrogens with zero attached hydrogens (tertiary/aromatic N) is 2. The molecular formula is C13H14N2O4. The fourth-order valence-electron chi connectivity index (χ4n) is 2.09. The minimum atomic E-state index is -1.01. The maximum Gasteiger partial charge on any atom is 0.341 e. The van der Waals surface area contributed by atoms with Crippen molar-refractivity contribution in [2.75, 3.05) is 0 Å². The average Bonchev–Trinajstić information content (AvgIpc) is 2.90. The van der Waals surface area contributed by atoms with Gasteiger partial charge in [0.25, 0.3) is 0 Å². The summed E-state index contributed by atoms with van der Waals surface area (Å²) < 4.78 is 10.4. The van der Waals surface area contributed by atoms with Crippen LogP contribution in [0, 0.1) is 0 Å². The van der Waals surface area contributed by atoms with Crippen LogP contribution < -0.4 is 0 Å². The van der Waals surface area contributed by atoms with Gasteiger partial charge in [-0.25, -0.2) is 4.79 Å². The number of hydrogen-bond acceptors (Lipinski definition) is 5. The van der Waals surface area contributed by atoms with E-state index in [1.54, 1.807) is 6.26 Å². The predicted octanol–water partition coefficient (Wildman–Crippen LogP) is 2.13. The Balaban J connectivity index is 1.74. The molecule has 0 amide bonds. The maximum absolute atomic E-state index is 11.0. The van der Waals surface area contributed by atoms with Crippen LogP contribution in [0.1, 0.15) is 34.7 Å². The van der Waals surface area contributed by atoms with Crippen molar-refractivity contribution in [3.8, 4) is 0 Å². The lowest BCUT2D eigenvalue weighted by atomic mass is 10.2. The first-order valence-electron chi connectivity index (χ1n) is 6.17. The molecule has 3 rings (SSSR count). The number of aromatic nitrogens is 1. The summed E-state index contributed by atoms with van der Waals surface area (Å²) >= 11 is 0. The highest BCUT2D eigenvalue weighted by atomic mass is 16.5. The molecule has 0 radical (unpaired) electrons. The van der Waals surface area contributed by atoms with E-state index in [1.165, 1.54) is 6.20 Å². The summed E-state index contributed by atoms with van der Waals surface area (Å²) in [7, 11) is 0. The summed E-state index contributed by atoms with van der Waals surface area (Å²) in [6.07, 6.45) is 5.13. The Morgan fingerprint density at radius 3 is 2.95 bits per heavy atom. The zero-order chi connectivity index (χ0) is 13.2. The van der Waals surface area contributed by atoms with Gasteiger partial charge in [0.1, 0.15) is 11.3 Å². The lowest BCUT2D eigenvalue weighted by Gasteiger charge is -2.19. The number of rotatable bonds is 6. The molecule has 0 atom stereocenters. The Morgan fingerprint density at radius 2 is 2.32 bits per heavy atom. The van der Waals surface area contributed by atoms with Crippen LogP contribution in [0.3, 0.4) is 0 Å². The molecular weight excluding hydrogens is 248 g/mol. The third-order valence-corrected chi connectivity index (χ3v) is 3.22. The highest BCUT2D eigenvalue weighted by molar-refractivity contribution is 5.88. The first-order valence-corrected chi connectivity index (χ1v) is 6.17. The Bertz CT molecular complexity index is 557. The summed E-state index contributed by atoms with van der Waals surface area (Å²) in [5.74, 6) is 0.249. The van der Waals surface area contributed by atoms with Crippen LogP contribution in [0.2, 0.25) is 0 Å². The number of carbonyl (C=O) groups is 1. The molecule has 0 saturated heterocycles. The molecule has 6 nitrogen and oxygen atoms in total. The number of hydrogen-bond donors (Lipinski definition) is 1. The molecule has 100 valence electrons. The molecule has 2 aromatic rings. The molecule has 1 N–H and O–H groups in total. The zero-order valence-corrected chi connectivity index (χ0v) is 10.3. The van der Waals surface area contributed by atoms with Gasteiger partial charge in [0, 0.05) is 6.04 Å². The van der Waals surface area contributed by atoms with Crippen molar-refractivity contribution in [1.82, 2.24) is 10.1 Å². The van der Waals surface area contributed by atoms with Gasteiger partial charge in [0.2, 0.25) is 0 Å². The fraction of sp³-hybridized carbons (Fsp3) is 0.385. The van der Waals surface area contributed by atoms with Crippen LogP contribution in [0.15, 0.2) is 33.5 Å². The topological polar surface area (TPSA) is 79.7 Å². The van der Waals surface area contributed by atoms with Gasteiger partial charge in [0.15, 0.2) is 5.76 Å². The van der Waals surface area contributed by atoms with Crippen molar-refractivity contribution >= 4 is 5.97 Å². The normalized spacial score (nSPS) is 15.0. The SMILES string of the molecule is O=C(O)c1cnoc1CN(Cc1ccco1)C1CC1. The van der Waals surface area contributed by atoms with E-state index in [9.17, 15) is 4.79 Å². The quantitative estimate of drug-likeness (QED) is 0.859. The predicted molar refractivity (Wildman–Crippen MR) is 64.4 cm³/mol. The standard InChI is InChI=1S/C13H14N2O4/c16-13(17)11-6-14-19-12(11)8-15(9-3-4-9)7-10-2-1-5-18-10/h1-2,5-6,9H,3-4,7-8H2,(H,16,17). The van der Waals surface area contributed by atoms with Gasteiger partial charge in [-0.3, -0.25) is 4.90 Å². The van der Waals surface area contributed by atoms with Gasteiger partial charge in [-0.2, -0.15) is 0 Å². The zero-order valence-electron chi connectivity index (χ0n) is 10.3. The molecule has 2 aromatic heterocycles. The maximum atomic E-state index is 11.0. The average molecular weight is 262 g/mol. The second kappa shape index (κ2) is 4.89. The largest absolute Gasteiger partial charge is 0.478 e. The van der Waals surface area contributed by atoms with E-state index < -0.39 is 5.97 Å². The van der Waals surface area contributed by atoms with E-state index in [0.29, 0.717) is 24.9 Å². The second-order valence-corrected chi connectivity index (χ2v) is 4.68. The van der Waals surface area contributed by atoms with Gasteiger partial charge < -0.3 is 14.0 Å². The summed E-state index contributed by atoms with van der Waals surface area (Å²) in [4.78, 5) is 13.2. The lowest BCUT2D eigenvalue weighted by Crippen LogP contribution is -2.25. The van der Waals surface area contributed by atoms with E-state index in [-0.39, 0.29) is 5.56 Å². The highest BCUT2D eigenvalue weighted by Gasteiger charge is 2.31. The van der Waals surface area contributed by atoms with Crippen LogP contribution >= 0.6 is 0 Å². The van der Waals surface area contributed by atoms with E-state index in [4.69, 9.17) is 14.0 Å². The van der Waals surface area contributed by atoms with E-state index in [1.807, 2.05) is 12.1 Å². The van der Waals surface area contributed by atoms with Gasteiger partial charge in [0.05, 0.1) is 25.5 Å². The smallest absolute Gasteiger partial charge is 0.341 e. The summed E-state index contributed by atoms with van der Waals surface area (Å²) in [6.45, 7) is 1.09. The Morgan fingerprint density at radius 1 is 1.47 bits per heavy atom. The third-order valence-electron chi connectivity index (χ3n) is 3.22. The summed E-state index contributed by atoms with van der Waals surface area (Å²) in [5.41, 5.74) is 0.130.